The van der Waals surface area contributed by atoms with Crippen LogP contribution in [-0.2, 0) is 0 Å². The molecule has 5 aromatic carbocycles. The number of fused-ring (bicyclic) bond motifs is 2. The summed E-state index contributed by atoms with van der Waals surface area (Å²) in [6, 6.07) is 8.05. The van der Waals surface area contributed by atoms with Crippen molar-refractivity contribution in [1.29, 1.82) is 0 Å². The fourth-order valence-corrected chi connectivity index (χ4v) is 4.67. The Kier molecular flexibility index (Phi) is 6.13. The first-order valence-electron chi connectivity index (χ1n) is 10.9. The minimum absolute atomic E-state index is 0.182. The molecule has 5 rings (SSSR count). The van der Waals surface area contributed by atoms with Crippen molar-refractivity contribution in [2.45, 2.75) is 0 Å². The van der Waals surface area contributed by atoms with E-state index in [-0.39, 0.29) is 16.5 Å². The highest BCUT2D eigenvalue weighted by Crippen LogP contribution is 2.49. The average molecular weight is 534 g/mol. The zero-order valence-corrected chi connectivity index (χ0v) is 19.5. The molecule has 0 saturated heterocycles. The summed E-state index contributed by atoms with van der Waals surface area (Å²) in [7, 11) is 1.95. The Balaban J connectivity index is 2.10. The van der Waals surface area contributed by atoms with Crippen LogP contribution in [0.3, 0.4) is 0 Å². The molecule has 194 valence electrons. The lowest BCUT2D eigenvalue weighted by atomic mass is 9.84. The Morgan fingerprint density at radius 3 is 1.34 bits per heavy atom. The van der Waals surface area contributed by atoms with Gasteiger partial charge in [-0.05, 0) is 22.9 Å². The molecule has 0 aliphatic rings. The van der Waals surface area contributed by atoms with Crippen molar-refractivity contribution in [2.75, 3.05) is 14.2 Å². The van der Waals surface area contributed by atoms with E-state index < -0.39 is 85.3 Å². The van der Waals surface area contributed by atoms with Crippen LogP contribution in [0.1, 0.15) is 0 Å². The molecule has 0 saturated carbocycles. The van der Waals surface area contributed by atoms with E-state index in [0.29, 0.717) is 12.1 Å². The van der Waals surface area contributed by atoms with Crippen molar-refractivity contribution >= 4 is 21.5 Å². The van der Waals surface area contributed by atoms with Crippen LogP contribution in [0, 0.1) is 46.5 Å². The molecule has 2 nitrogen and oxygen atoms in total. The van der Waals surface area contributed by atoms with Crippen molar-refractivity contribution in [3.63, 3.8) is 0 Å². The zero-order chi connectivity index (χ0) is 27.5. The van der Waals surface area contributed by atoms with Gasteiger partial charge in [-0.25, -0.2) is 26.3 Å². The summed E-state index contributed by atoms with van der Waals surface area (Å²) in [5.74, 6) is -14.2. The van der Waals surface area contributed by atoms with Gasteiger partial charge in [-0.1, -0.05) is 24.3 Å². The molecule has 0 amide bonds. The van der Waals surface area contributed by atoms with Crippen molar-refractivity contribution in [2.24, 2.45) is 0 Å². The number of halogens is 8. The fraction of sp³-hybridized carbons (Fsp3) is 0.0714. The van der Waals surface area contributed by atoms with E-state index in [2.05, 4.69) is 4.74 Å². The molecule has 38 heavy (non-hydrogen) atoms. The highest BCUT2D eigenvalue weighted by Gasteiger charge is 2.32. The van der Waals surface area contributed by atoms with Crippen molar-refractivity contribution < 1.29 is 44.6 Å². The van der Waals surface area contributed by atoms with Crippen LogP contribution in [0.15, 0.2) is 48.5 Å². The van der Waals surface area contributed by atoms with Crippen LogP contribution in [0.25, 0.3) is 43.8 Å². The minimum atomic E-state index is -1.94. The molecule has 0 aromatic heterocycles. The van der Waals surface area contributed by atoms with Crippen LogP contribution in [0.4, 0.5) is 35.1 Å². The molecule has 5 aromatic rings. The lowest BCUT2D eigenvalue weighted by Crippen LogP contribution is -2.06. The maximum absolute atomic E-state index is 15.4. The third-order valence-electron chi connectivity index (χ3n) is 6.25. The monoisotopic (exact) mass is 534 g/mol. The first-order chi connectivity index (χ1) is 18.1. The molecule has 0 radical (unpaired) electrons. The molecule has 0 aliphatic carbocycles. The molecular weight excluding hydrogens is 520 g/mol. The maximum Gasteiger partial charge on any atom is 0.204 e. The normalized spacial score (nSPS) is 11.4. The molecule has 0 N–H and O–H groups in total. The summed E-state index contributed by atoms with van der Waals surface area (Å²) in [4.78, 5) is 0. The third kappa shape index (κ3) is 3.54. The second-order valence-corrected chi connectivity index (χ2v) is 8.21. The van der Waals surface area contributed by atoms with Gasteiger partial charge >= 0.3 is 0 Å². The van der Waals surface area contributed by atoms with Crippen LogP contribution in [-0.4, -0.2) is 14.2 Å². The predicted octanol–water partition coefficient (Wildman–Crippen LogP) is 8.46. The van der Waals surface area contributed by atoms with E-state index in [1.807, 2.05) is 0 Å². The van der Waals surface area contributed by atoms with Crippen molar-refractivity contribution in [3.05, 3.63) is 95.1 Å². The van der Waals surface area contributed by atoms with Gasteiger partial charge in [0.25, 0.3) is 0 Å². The van der Waals surface area contributed by atoms with Crippen LogP contribution in [0.2, 0.25) is 0 Å². The summed E-state index contributed by atoms with van der Waals surface area (Å²) >= 11 is 0. The lowest BCUT2D eigenvalue weighted by molar-refractivity contribution is 0.334. The van der Waals surface area contributed by atoms with Crippen LogP contribution in [0.5, 0.6) is 11.5 Å². The van der Waals surface area contributed by atoms with Crippen molar-refractivity contribution in [1.82, 2.24) is 0 Å². The summed E-state index contributed by atoms with van der Waals surface area (Å²) in [5.41, 5.74) is -3.38. The molecule has 0 bridgehead atoms. The first kappa shape index (κ1) is 25.3. The number of benzene rings is 5. The standard InChI is InChI=1S/C28H14F8O2/c1-37-11-9-16(31)20(17(32)10-11)18-12-5-3-4-6-13(12)19(22-15(30)8-7-14(29)21(18)22)23-24(33)26(35)28(38-2)27(36)25(23)34/h3-10H,1-2H3. The smallest absolute Gasteiger partial charge is 0.204 e. The molecular formula is C28H14F8O2. The first-order valence-corrected chi connectivity index (χ1v) is 10.9. The van der Waals surface area contributed by atoms with Gasteiger partial charge in [0.15, 0.2) is 17.4 Å². The average Bonchev–Trinajstić information content (AvgIpc) is 2.90. The zero-order valence-electron chi connectivity index (χ0n) is 19.5. The van der Waals surface area contributed by atoms with Gasteiger partial charge in [0.1, 0.15) is 29.0 Å². The molecule has 0 fully saturated rings. The summed E-state index contributed by atoms with van der Waals surface area (Å²) in [5, 5.41) is -2.07. The van der Waals surface area contributed by atoms with Crippen LogP contribution >= 0.6 is 0 Å². The highest BCUT2D eigenvalue weighted by molar-refractivity contribution is 6.21. The number of hydrogen-bond acceptors (Lipinski definition) is 2. The number of hydrogen-bond donors (Lipinski definition) is 0. The molecule has 10 heteroatoms. The number of rotatable bonds is 4. The summed E-state index contributed by atoms with van der Waals surface area (Å²) in [6.07, 6.45) is 0. The van der Waals surface area contributed by atoms with Gasteiger partial charge in [-0.3, -0.25) is 0 Å². The third-order valence-corrected chi connectivity index (χ3v) is 6.25. The van der Waals surface area contributed by atoms with E-state index >= 15 is 26.3 Å². The second kappa shape index (κ2) is 9.20. The lowest BCUT2D eigenvalue weighted by Gasteiger charge is -2.20. The Bertz CT molecular complexity index is 1730. The van der Waals surface area contributed by atoms with Gasteiger partial charge in [0, 0.05) is 34.0 Å². The van der Waals surface area contributed by atoms with E-state index in [9.17, 15) is 8.78 Å². The van der Waals surface area contributed by atoms with E-state index in [1.54, 1.807) is 0 Å². The van der Waals surface area contributed by atoms with Gasteiger partial charge in [-0.15, -0.1) is 0 Å². The molecule has 0 spiro atoms. The Labute approximate surface area is 209 Å². The quantitative estimate of drug-likeness (QED) is 0.131. The highest BCUT2D eigenvalue weighted by atomic mass is 19.2. The van der Waals surface area contributed by atoms with E-state index in [1.165, 1.54) is 31.4 Å². The SMILES string of the molecule is COc1cc(F)c(-c2c3ccccc3c(-c3c(F)c(F)c(OC)c(F)c3F)c3c(F)ccc(F)c23)c(F)c1. The van der Waals surface area contributed by atoms with E-state index in [0.717, 1.165) is 19.2 Å². The Morgan fingerprint density at radius 2 is 0.921 bits per heavy atom. The number of methoxy groups -OCH3 is 2. The van der Waals surface area contributed by atoms with Gasteiger partial charge < -0.3 is 9.47 Å². The topological polar surface area (TPSA) is 18.5 Å². The summed E-state index contributed by atoms with van der Waals surface area (Å²) in [6.45, 7) is 0. The van der Waals surface area contributed by atoms with Crippen molar-refractivity contribution in [3.8, 4) is 33.8 Å². The van der Waals surface area contributed by atoms with E-state index in [4.69, 9.17) is 4.74 Å². The van der Waals surface area contributed by atoms with Gasteiger partial charge in [0.05, 0.1) is 25.3 Å². The van der Waals surface area contributed by atoms with Gasteiger partial charge in [-0.2, -0.15) is 8.78 Å². The number of ether oxygens (including phenoxy) is 2. The summed E-state index contributed by atoms with van der Waals surface area (Å²) < 4.78 is 131. The largest absolute Gasteiger partial charge is 0.497 e. The predicted molar refractivity (Wildman–Crippen MR) is 125 cm³/mol. The molecule has 0 heterocycles. The molecule has 0 atom stereocenters. The maximum atomic E-state index is 15.4. The fourth-order valence-electron chi connectivity index (χ4n) is 4.67. The Hall–Kier alpha value is -4.34. The minimum Gasteiger partial charge on any atom is -0.497 e. The second-order valence-electron chi connectivity index (χ2n) is 8.21. The van der Waals surface area contributed by atoms with Gasteiger partial charge in [0.2, 0.25) is 11.6 Å². The molecule has 0 unspecified atom stereocenters. The van der Waals surface area contributed by atoms with Crippen LogP contribution < -0.4 is 9.47 Å². The molecule has 0 aliphatic heterocycles. The Morgan fingerprint density at radius 1 is 0.474 bits per heavy atom.